The molecule has 0 radical (unpaired) electrons. The molecular formula is C16H18F3N5O. The summed E-state index contributed by atoms with van der Waals surface area (Å²) >= 11 is 0. The van der Waals surface area contributed by atoms with E-state index in [4.69, 9.17) is 0 Å². The van der Waals surface area contributed by atoms with Crippen molar-refractivity contribution in [2.75, 3.05) is 18.4 Å². The molecule has 0 amide bonds. The van der Waals surface area contributed by atoms with Crippen LogP contribution in [0.5, 0.6) is 5.75 Å². The Morgan fingerprint density at radius 2 is 1.72 bits per heavy atom. The Balaban J connectivity index is 1.46. The van der Waals surface area contributed by atoms with Gasteiger partial charge < -0.3 is 10.1 Å². The van der Waals surface area contributed by atoms with Gasteiger partial charge in [0.2, 0.25) is 5.95 Å². The van der Waals surface area contributed by atoms with Crippen LogP contribution in [0.3, 0.4) is 0 Å². The SMILES string of the molecule is FC(F)(F)Oc1ccc(CN2CCC(Nc3ncncn3)CC2)cc1. The van der Waals surface area contributed by atoms with Crippen molar-refractivity contribution in [2.24, 2.45) is 0 Å². The largest absolute Gasteiger partial charge is 0.573 e. The maximum atomic E-state index is 12.2. The van der Waals surface area contributed by atoms with Crippen molar-refractivity contribution < 1.29 is 17.9 Å². The van der Waals surface area contributed by atoms with Crippen molar-refractivity contribution in [3.63, 3.8) is 0 Å². The van der Waals surface area contributed by atoms with E-state index in [1.807, 2.05) is 0 Å². The van der Waals surface area contributed by atoms with Crippen molar-refractivity contribution >= 4 is 5.95 Å². The summed E-state index contributed by atoms with van der Waals surface area (Å²) in [4.78, 5) is 14.2. The summed E-state index contributed by atoms with van der Waals surface area (Å²) in [5.74, 6) is 0.380. The first-order valence-electron chi connectivity index (χ1n) is 7.93. The number of ether oxygens (including phenoxy) is 1. The first kappa shape index (κ1) is 17.4. The van der Waals surface area contributed by atoms with Gasteiger partial charge in [0.15, 0.2) is 0 Å². The third-order valence-corrected chi connectivity index (χ3v) is 3.98. The maximum absolute atomic E-state index is 12.2. The van der Waals surface area contributed by atoms with Gasteiger partial charge in [-0.15, -0.1) is 13.2 Å². The Morgan fingerprint density at radius 3 is 2.32 bits per heavy atom. The van der Waals surface area contributed by atoms with Crippen molar-refractivity contribution in [1.82, 2.24) is 19.9 Å². The fraction of sp³-hybridized carbons (Fsp3) is 0.438. The molecule has 0 aliphatic carbocycles. The van der Waals surface area contributed by atoms with Crippen LogP contribution < -0.4 is 10.1 Å². The molecule has 1 saturated heterocycles. The number of likely N-dealkylation sites (tertiary alicyclic amines) is 1. The molecule has 0 saturated carbocycles. The monoisotopic (exact) mass is 353 g/mol. The number of aromatic nitrogens is 3. The van der Waals surface area contributed by atoms with Crippen molar-refractivity contribution in [3.05, 3.63) is 42.5 Å². The number of halogens is 3. The normalized spacial score (nSPS) is 16.6. The molecule has 2 aromatic rings. The third kappa shape index (κ3) is 5.56. The molecule has 1 aliphatic heterocycles. The first-order valence-corrected chi connectivity index (χ1v) is 7.93. The van der Waals surface area contributed by atoms with Crippen molar-refractivity contribution in [2.45, 2.75) is 31.8 Å². The van der Waals surface area contributed by atoms with Crippen LogP contribution in [0.1, 0.15) is 18.4 Å². The summed E-state index contributed by atoms with van der Waals surface area (Å²) < 4.78 is 40.4. The van der Waals surface area contributed by atoms with E-state index in [1.54, 1.807) is 12.1 Å². The van der Waals surface area contributed by atoms with E-state index in [9.17, 15) is 13.2 Å². The van der Waals surface area contributed by atoms with E-state index in [0.29, 0.717) is 18.5 Å². The standard InChI is InChI=1S/C16H18F3N5O/c17-16(18,19)25-14-3-1-12(2-4-14)9-24-7-5-13(6-8-24)23-15-21-10-20-11-22-15/h1-4,10-11,13H,5-9H2,(H,20,21,22,23). The van der Waals surface area contributed by atoms with Crippen LogP contribution >= 0.6 is 0 Å². The molecule has 9 heteroatoms. The molecule has 0 bridgehead atoms. The number of alkyl halides is 3. The Labute approximate surface area is 143 Å². The van der Waals surface area contributed by atoms with Crippen LogP contribution in [-0.4, -0.2) is 45.3 Å². The molecule has 1 aromatic heterocycles. The van der Waals surface area contributed by atoms with E-state index in [2.05, 4.69) is 29.9 Å². The Bertz CT molecular complexity index is 658. The van der Waals surface area contributed by atoms with E-state index < -0.39 is 6.36 Å². The number of rotatable bonds is 5. The second kappa shape index (κ2) is 7.64. The van der Waals surface area contributed by atoms with Crippen LogP contribution in [-0.2, 0) is 6.54 Å². The average Bonchev–Trinajstić information content (AvgIpc) is 2.58. The van der Waals surface area contributed by atoms with Crippen molar-refractivity contribution in [3.8, 4) is 5.75 Å². The average molecular weight is 353 g/mol. The molecule has 0 atom stereocenters. The van der Waals surface area contributed by atoms with E-state index in [-0.39, 0.29) is 5.75 Å². The lowest BCUT2D eigenvalue weighted by Gasteiger charge is -2.32. The lowest BCUT2D eigenvalue weighted by Crippen LogP contribution is -2.38. The highest BCUT2D eigenvalue weighted by molar-refractivity contribution is 5.27. The number of hydrogen-bond donors (Lipinski definition) is 1. The predicted octanol–water partition coefficient (Wildman–Crippen LogP) is 2.85. The molecule has 1 fully saturated rings. The fourth-order valence-corrected chi connectivity index (χ4v) is 2.79. The summed E-state index contributed by atoms with van der Waals surface area (Å²) in [6.07, 6.45) is 0.143. The zero-order valence-electron chi connectivity index (χ0n) is 13.4. The Kier molecular flexibility index (Phi) is 5.32. The molecule has 0 spiro atoms. The first-order chi connectivity index (χ1) is 12.0. The van der Waals surface area contributed by atoms with Gasteiger partial charge in [-0.05, 0) is 30.5 Å². The van der Waals surface area contributed by atoms with E-state index in [1.165, 1.54) is 24.8 Å². The second-order valence-electron chi connectivity index (χ2n) is 5.85. The summed E-state index contributed by atoms with van der Waals surface area (Å²) in [5, 5.41) is 3.28. The van der Waals surface area contributed by atoms with Gasteiger partial charge in [0.1, 0.15) is 18.4 Å². The van der Waals surface area contributed by atoms with Gasteiger partial charge in [0.25, 0.3) is 0 Å². The topological polar surface area (TPSA) is 63.2 Å². The van der Waals surface area contributed by atoms with E-state index in [0.717, 1.165) is 31.5 Å². The Hall–Kier alpha value is -2.42. The molecule has 3 rings (SSSR count). The molecule has 1 N–H and O–H groups in total. The van der Waals surface area contributed by atoms with Crippen LogP contribution in [0.25, 0.3) is 0 Å². The lowest BCUT2D eigenvalue weighted by atomic mass is 10.0. The Morgan fingerprint density at radius 1 is 1.08 bits per heavy atom. The van der Waals surface area contributed by atoms with Crippen LogP contribution in [0.2, 0.25) is 0 Å². The van der Waals surface area contributed by atoms with Gasteiger partial charge in [-0.3, -0.25) is 4.90 Å². The van der Waals surface area contributed by atoms with Crippen molar-refractivity contribution in [1.29, 1.82) is 0 Å². The lowest BCUT2D eigenvalue weighted by molar-refractivity contribution is -0.274. The summed E-state index contributed by atoms with van der Waals surface area (Å²) in [5.41, 5.74) is 0.957. The highest BCUT2D eigenvalue weighted by atomic mass is 19.4. The quantitative estimate of drug-likeness (QED) is 0.892. The minimum Gasteiger partial charge on any atom is -0.406 e. The molecule has 0 unspecified atom stereocenters. The van der Waals surface area contributed by atoms with Crippen LogP contribution in [0.15, 0.2) is 36.9 Å². The number of nitrogens with zero attached hydrogens (tertiary/aromatic N) is 4. The molecule has 1 aromatic carbocycles. The zero-order chi connectivity index (χ0) is 17.7. The van der Waals surface area contributed by atoms with Gasteiger partial charge in [-0.25, -0.2) is 15.0 Å². The van der Waals surface area contributed by atoms with E-state index >= 15 is 0 Å². The molecule has 6 nitrogen and oxygen atoms in total. The van der Waals surface area contributed by atoms with Gasteiger partial charge in [0, 0.05) is 25.7 Å². The maximum Gasteiger partial charge on any atom is 0.573 e. The molecule has 2 heterocycles. The van der Waals surface area contributed by atoms with Gasteiger partial charge >= 0.3 is 6.36 Å². The molecular weight excluding hydrogens is 335 g/mol. The van der Waals surface area contributed by atoms with Gasteiger partial charge in [-0.2, -0.15) is 0 Å². The number of piperidine rings is 1. The minimum absolute atomic E-state index is 0.198. The van der Waals surface area contributed by atoms with Crippen LogP contribution in [0.4, 0.5) is 19.1 Å². The number of anilines is 1. The number of benzene rings is 1. The number of nitrogens with one attached hydrogen (secondary N) is 1. The molecule has 134 valence electrons. The molecule has 25 heavy (non-hydrogen) atoms. The van der Waals surface area contributed by atoms with Gasteiger partial charge in [-0.1, -0.05) is 12.1 Å². The second-order valence-corrected chi connectivity index (χ2v) is 5.85. The predicted molar refractivity (Wildman–Crippen MR) is 84.9 cm³/mol. The highest BCUT2D eigenvalue weighted by Gasteiger charge is 2.31. The van der Waals surface area contributed by atoms with Gasteiger partial charge in [0.05, 0.1) is 0 Å². The highest BCUT2D eigenvalue weighted by Crippen LogP contribution is 2.23. The fourth-order valence-electron chi connectivity index (χ4n) is 2.79. The summed E-state index contributed by atoms with van der Waals surface area (Å²) in [6, 6.07) is 6.32. The summed E-state index contributed by atoms with van der Waals surface area (Å²) in [7, 11) is 0. The molecule has 1 aliphatic rings. The summed E-state index contributed by atoms with van der Waals surface area (Å²) in [6.45, 7) is 2.48. The number of hydrogen-bond acceptors (Lipinski definition) is 6. The minimum atomic E-state index is -4.66. The van der Waals surface area contributed by atoms with Crippen LogP contribution in [0, 0.1) is 0 Å². The third-order valence-electron chi connectivity index (χ3n) is 3.98. The smallest absolute Gasteiger partial charge is 0.406 e. The zero-order valence-corrected chi connectivity index (χ0v) is 13.4.